The maximum Gasteiger partial charge on any atom is 0.307 e. The van der Waals surface area contributed by atoms with Crippen molar-refractivity contribution in [2.24, 2.45) is 0 Å². The zero-order chi connectivity index (χ0) is 16.6. The fourth-order valence-corrected chi connectivity index (χ4v) is 3.19. The number of thiazole rings is 1. The van der Waals surface area contributed by atoms with Crippen LogP contribution < -0.4 is 0 Å². The summed E-state index contributed by atoms with van der Waals surface area (Å²) >= 11 is 0.924. The molecule has 0 amide bonds. The van der Waals surface area contributed by atoms with E-state index in [-0.39, 0.29) is 23.1 Å². The summed E-state index contributed by atoms with van der Waals surface area (Å²) in [6.07, 6.45) is 3.00. The van der Waals surface area contributed by atoms with Crippen LogP contribution in [-0.2, 0) is 17.6 Å². The van der Waals surface area contributed by atoms with E-state index in [0.29, 0.717) is 22.2 Å². The summed E-state index contributed by atoms with van der Waals surface area (Å²) in [5, 5.41) is 9.16. The predicted molar refractivity (Wildman–Crippen MR) is 77.9 cm³/mol. The summed E-state index contributed by atoms with van der Waals surface area (Å²) in [5.41, 5.74) is 0.834. The lowest BCUT2D eigenvalue weighted by Gasteiger charge is -2.00. The van der Waals surface area contributed by atoms with Gasteiger partial charge in [-0.3, -0.25) is 9.78 Å². The highest BCUT2D eigenvalue weighted by Gasteiger charge is 2.17. The van der Waals surface area contributed by atoms with Crippen LogP contribution in [-0.4, -0.2) is 21.0 Å². The Balaban J connectivity index is 1.94. The molecule has 2 heterocycles. The van der Waals surface area contributed by atoms with Crippen LogP contribution in [0.3, 0.4) is 0 Å². The number of carbonyl (C=O) groups is 1. The number of halogens is 3. The Bertz CT molecular complexity index is 911. The molecule has 0 aliphatic carbocycles. The Morgan fingerprint density at radius 2 is 1.87 bits per heavy atom. The van der Waals surface area contributed by atoms with Crippen molar-refractivity contribution in [3.05, 3.63) is 58.1 Å². The highest BCUT2D eigenvalue weighted by atomic mass is 32.1. The van der Waals surface area contributed by atoms with Crippen molar-refractivity contribution in [3.63, 3.8) is 0 Å². The first-order valence-corrected chi connectivity index (χ1v) is 7.33. The number of hydrogen-bond donors (Lipinski definition) is 1. The largest absolute Gasteiger partial charge is 0.481 e. The summed E-state index contributed by atoms with van der Waals surface area (Å²) in [7, 11) is 0. The molecule has 1 aromatic carbocycles. The third kappa shape index (κ3) is 3.16. The zero-order valence-corrected chi connectivity index (χ0v) is 12.3. The van der Waals surface area contributed by atoms with Gasteiger partial charge in [-0.15, -0.1) is 11.3 Å². The van der Waals surface area contributed by atoms with Crippen molar-refractivity contribution in [1.29, 1.82) is 0 Å². The summed E-state index contributed by atoms with van der Waals surface area (Å²) in [6, 6.07) is 2.13. The van der Waals surface area contributed by atoms with Crippen LogP contribution in [0.1, 0.15) is 16.1 Å². The molecule has 0 bridgehead atoms. The van der Waals surface area contributed by atoms with E-state index in [1.807, 2.05) is 0 Å². The molecule has 0 spiro atoms. The Labute approximate surface area is 132 Å². The van der Waals surface area contributed by atoms with Crippen molar-refractivity contribution in [1.82, 2.24) is 9.97 Å². The maximum absolute atomic E-state index is 13.7. The molecule has 0 aliphatic rings. The monoisotopic (exact) mass is 338 g/mol. The number of pyridine rings is 1. The quantitative estimate of drug-likeness (QED) is 0.741. The van der Waals surface area contributed by atoms with Gasteiger partial charge in [0.1, 0.15) is 11.3 Å². The summed E-state index contributed by atoms with van der Waals surface area (Å²) in [5.74, 6) is -4.30. The van der Waals surface area contributed by atoms with Gasteiger partial charge >= 0.3 is 5.97 Å². The van der Waals surface area contributed by atoms with Gasteiger partial charge in [0.25, 0.3) is 0 Å². The molecule has 118 valence electrons. The topological polar surface area (TPSA) is 63.1 Å². The van der Waals surface area contributed by atoms with E-state index in [2.05, 4.69) is 9.97 Å². The van der Waals surface area contributed by atoms with E-state index in [0.717, 1.165) is 11.3 Å². The van der Waals surface area contributed by atoms with Gasteiger partial charge in [0, 0.05) is 24.9 Å². The number of rotatable bonds is 4. The van der Waals surface area contributed by atoms with Gasteiger partial charge in [-0.25, -0.2) is 18.2 Å². The molecule has 3 rings (SSSR count). The van der Waals surface area contributed by atoms with Crippen molar-refractivity contribution in [2.75, 3.05) is 0 Å². The van der Waals surface area contributed by atoms with Crippen LogP contribution >= 0.6 is 11.3 Å². The number of nitrogens with zero attached hydrogens (tertiary/aromatic N) is 2. The molecule has 4 nitrogen and oxygen atoms in total. The average molecular weight is 338 g/mol. The second-order valence-electron chi connectivity index (χ2n) is 4.89. The first-order chi connectivity index (χ1) is 10.9. The first kappa shape index (κ1) is 15.4. The molecule has 3 aromatic rings. The van der Waals surface area contributed by atoms with E-state index in [4.69, 9.17) is 5.11 Å². The van der Waals surface area contributed by atoms with Gasteiger partial charge in [-0.05, 0) is 11.1 Å². The molecule has 0 saturated carbocycles. The highest BCUT2D eigenvalue weighted by Crippen LogP contribution is 2.29. The van der Waals surface area contributed by atoms with Crippen LogP contribution in [0.2, 0.25) is 0 Å². The molecule has 1 N–H and O–H groups in total. The van der Waals surface area contributed by atoms with E-state index >= 15 is 0 Å². The van der Waals surface area contributed by atoms with Gasteiger partial charge in [0.15, 0.2) is 11.6 Å². The minimum absolute atomic E-state index is 0.0476. The van der Waals surface area contributed by atoms with Crippen LogP contribution in [0.4, 0.5) is 13.2 Å². The summed E-state index contributed by atoms with van der Waals surface area (Å²) in [6.45, 7) is 0. The van der Waals surface area contributed by atoms with Gasteiger partial charge in [-0.1, -0.05) is 6.07 Å². The molecule has 0 atom stereocenters. The number of aromatic nitrogens is 2. The minimum Gasteiger partial charge on any atom is -0.481 e. The number of fused-ring (bicyclic) bond motifs is 1. The number of benzene rings is 1. The average Bonchev–Trinajstić information content (AvgIpc) is 2.89. The fourth-order valence-electron chi connectivity index (χ4n) is 2.19. The zero-order valence-electron chi connectivity index (χ0n) is 11.5. The lowest BCUT2D eigenvalue weighted by molar-refractivity contribution is -0.136. The van der Waals surface area contributed by atoms with Gasteiger partial charge in [0.05, 0.1) is 16.1 Å². The lowest BCUT2D eigenvalue weighted by Crippen LogP contribution is -2.01. The summed E-state index contributed by atoms with van der Waals surface area (Å²) < 4.78 is 40.5. The standard InChI is InChI=1S/C15H9F3N2O2S/c16-9-4-10(17)15-14(13(9)18)20-11(23-15)2-7-1-8(3-12(21)22)6-19-5-7/h1,4-6H,2-3H2,(H,21,22). The van der Waals surface area contributed by atoms with E-state index in [1.165, 1.54) is 12.4 Å². The predicted octanol–water partition coefficient (Wildman–Crippen LogP) is 3.33. The third-order valence-electron chi connectivity index (χ3n) is 3.12. The molecule has 0 unspecified atom stereocenters. The first-order valence-electron chi connectivity index (χ1n) is 6.51. The van der Waals surface area contributed by atoms with Crippen LogP contribution in [0.15, 0.2) is 24.5 Å². The fraction of sp³-hybridized carbons (Fsp3) is 0.133. The normalized spacial score (nSPS) is 11.1. The van der Waals surface area contributed by atoms with Crippen LogP contribution in [0.25, 0.3) is 10.2 Å². The van der Waals surface area contributed by atoms with Crippen LogP contribution in [0.5, 0.6) is 0 Å². The summed E-state index contributed by atoms with van der Waals surface area (Å²) in [4.78, 5) is 18.6. The van der Waals surface area contributed by atoms with Crippen molar-refractivity contribution in [3.8, 4) is 0 Å². The number of hydrogen-bond acceptors (Lipinski definition) is 4. The van der Waals surface area contributed by atoms with E-state index in [9.17, 15) is 18.0 Å². The number of carboxylic acid groups (broad SMARTS) is 1. The smallest absolute Gasteiger partial charge is 0.307 e. The maximum atomic E-state index is 13.7. The SMILES string of the molecule is O=C(O)Cc1cncc(Cc2nc3c(F)c(F)cc(F)c3s2)c1. The van der Waals surface area contributed by atoms with E-state index < -0.39 is 23.4 Å². The molecule has 2 aromatic heterocycles. The van der Waals surface area contributed by atoms with Crippen molar-refractivity contribution >= 4 is 27.5 Å². The van der Waals surface area contributed by atoms with Crippen molar-refractivity contribution < 1.29 is 23.1 Å². The van der Waals surface area contributed by atoms with Gasteiger partial charge in [-0.2, -0.15) is 0 Å². The van der Waals surface area contributed by atoms with Crippen molar-refractivity contribution in [2.45, 2.75) is 12.8 Å². The Kier molecular flexibility index (Phi) is 3.99. The minimum atomic E-state index is -1.28. The second kappa shape index (κ2) is 5.96. The molecule has 0 fully saturated rings. The van der Waals surface area contributed by atoms with Gasteiger partial charge < -0.3 is 5.11 Å². The molecule has 0 radical (unpaired) electrons. The molecule has 8 heteroatoms. The Hall–Kier alpha value is -2.48. The lowest BCUT2D eigenvalue weighted by atomic mass is 10.1. The number of carboxylic acids is 1. The number of aliphatic carboxylic acids is 1. The Morgan fingerprint density at radius 3 is 2.61 bits per heavy atom. The van der Waals surface area contributed by atoms with Crippen LogP contribution in [0, 0.1) is 17.5 Å². The van der Waals surface area contributed by atoms with Gasteiger partial charge in [0.2, 0.25) is 0 Å². The molecular weight excluding hydrogens is 329 g/mol. The molecule has 0 saturated heterocycles. The third-order valence-corrected chi connectivity index (χ3v) is 4.19. The highest BCUT2D eigenvalue weighted by molar-refractivity contribution is 7.18. The second-order valence-corrected chi connectivity index (χ2v) is 5.97. The molecular formula is C15H9F3N2O2S. The molecule has 23 heavy (non-hydrogen) atoms. The Morgan fingerprint density at radius 1 is 1.13 bits per heavy atom. The molecule has 0 aliphatic heterocycles. The van der Waals surface area contributed by atoms with E-state index in [1.54, 1.807) is 6.07 Å².